The van der Waals surface area contributed by atoms with Crippen molar-refractivity contribution in [3.63, 3.8) is 0 Å². The van der Waals surface area contributed by atoms with Gasteiger partial charge in [0.2, 0.25) is 11.8 Å². The molecular formula is C28H28N4O2. The van der Waals surface area contributed by atoms with Crippen molar-refractivity contribution in [3.8, 4) is 0 Å². The summed E-state index contributed by atoms with van der Waals surface area (Å²) in [5, 5.41) is 3.03. The highest BCUT2D eigenvalue weighted by Gasteiger charge is 2.40. The lowest BCUT2D eigenvalue weighted by Crippen LogP contribution is -2.45. The molecule has 34 heavy (non-hydrogen) atoms. The summed E-state index contributed by atoms with van der Waals surface area (Å²) in [6, 6.07) is 24.7. The van der Waals surface area contributed by atoms with Gasteiger partial charge >= 0.3 is 0 Å². The van der Waals surface area contributed by atoms with Gasteiger partial charge in [-0.3, -0.25) is 9.59 Å². The van der Waals surface area contributed by atoms with Crippen LogP contribution >= 0.6 is 0 Å². The zero-order valence-corrected chi connectivity index (χ0v) is 19.4. The number of hydrogen-bond donors (Lipinski definition) is 1. The molecule has 0 fully saturated rings. The third-order valence-corrected chi connectivity index (χ3v) is 6.59. The number of carbonyl (C=O) groups excluding carboxylic acids is 2. The highest BCUT2D eigenvalue weighted by Crippen LogP contribution is 2.37. The molecule has 172 valence electrons. The van der Waals surface area contributed by atoms with Gasteiger partial charge in [0.25, 0.3) is 0 Å². The minimum Gasteiger partial charge on any atom is -0.327 e. The monoisotopic (exact) mass is 452 g/mol. The first-order valence-electron chi connectivity index (χ1n) is 11.8. The number of nitrogens with one attached hydrogen (secondary N) is 1. The number of rotatable bonds is 6. The third-order valence-electron chi connectivity index (χ3n) is 6.59. The quantitative estimate of drug-likeness (QED) is 0.433. The summed E-state index contributed by atoms with van der Waals surface area (Å²) in [4.78, 5) is 33.8. The highest BCUT2D eigenvalue weighted by atomic mass is 16.2. The second-order valence-electron chi connectivity index (χ2n) is 8.74. The van der Waals surface area contributed by atoms with Crippen LogP contribution in [0.5, 0.6) is 0 Å². The maximum atomic E-state index is 13.9. The van der Waals surface area contributed by atoms with Crippen molar-refractivity contribution >= 4 is 28.5 Å². The molecule has 6 nitrogen and oxygen atoms in total. The third kappa shape index (κ3) is 3.96. The Morgan fingerprint density at radius 2 is 1.68 bits per heavy atom. The van der Waals surface area contributed by atoms with E-state index in [4.69, 9.17) is 4.98 Å². The first kappa shape index (κ1) is 21.9. The van der Waals surface area contributed by atoms with Crippen LogP contribution in [0.3, 0.4) is 0 Å². The fraction of sp³-hybridized carbons (Fsp3) is 0.250. The van der Waals surface area contributed by atoms with Crippen molar-refractivity contribution in [2.45, 2.75) is 45.3 Å². The van der Waals surface area contributed by atoms with Gasteiger partial charge < -0.3 is 14.8 Å². The average molecular weight is 453 g/mol. The van der Waals surface area contributed by atoms with Crippen molar-refractivity contribution in [1.82, 2.24) is 14.5 Å². The molecule has 0 spiro atoms. The second kappa shape index (κ2) is 9.14. The van der Waals surface area contributed by atoms with Gasteiger partial charge in [-0.1, -0.05) is 67.6 Å². The summed E-state index contributed by atoms with van der Waals surface area (Å²) in [5.74, 6) is 0.562. The van der Waals surface area contributed by atoms with Gasteiger partial charge in [-0.15, -0.1) is 0 Å². The number of hydrogen-bond acceptors (Lipinski definition) is 3. The first-order chi connectivity index (χ1) is 16.6. The molecule has 0 bridgehead atoms. The molecule has 4 aromatic rings. The Morgan fingerprint density at radius 3 is 2.47 bits per heavy atom. The molecule has 0 saturated carbocycles. The molecule has 2 atom stereocenters. The molecule has 0 saturated heterocycles. The van der Waals surface area contributed by atoms with Crippen LogP contribution in [0.2, 0.25) is 0 Å². The smallest absolute Gasteiger partial charge is 0.247 e. The van der Waals surface area contributed by atoms with Crippen LogP contribution in [0.4, 0.5) is 5.69 Å². The summed E-state index contributed by atoms with van der Waals surface area (Å²) in [6.07, 6.45) is 0.861. The van der Waals surface area contributed by atoms with E-state index in [9.17, 15) is 9.59 Å². The van der Waals surface area contributed by atoms with E-state index in [2.05, 4.69) is 12.2 Å². The molecule has 5 rings (SSSR count). The van der Waals surface area contributed by atoms with E-state index in [1.54, 1.807) is 0 Å². The molecule has 0 unspecified atom stereocenters. The summed E-state index contributed by atoms with van der Waals surface area (Å²) in [5.41, 5.74) is 4.62. The fourth-order valence-electron chi connectivity index (χ4n) is 4.82. The number of anilines is 1. The van der Waals surface area contributed by atoms with Crippen LogP contribution in [0.25, 0.3) is 11.0 Å². The lowest BCUT2D eigenvalue weighted by Gasteiger charge is -2.38. The number of benzene rings is 3. The number of nitrogens with zero attached hydrogens (tertiary/aromatic N) is 3. The van der Waals surface area contributed by atoms with Crippen molar-refractivity contribution in [3.05, 3.63) is 95.8 Å². The van der Waals surface area contributed by atoms with Crippen LogP contribution in [0, 0.1) is 0 Å². The van der Waals surface area contributed by atoms with Crippen molar-refractivity contribution in [2.24, 2.45) is 0 Å². The molecule has 6 heteroatoms. The van der Waals surface area contributed by atoms with E-state index in [0.717, 1.165) is 40.1 Å². The largest absolute Gasteiger partial charge is 0.327 e. The van der Waals surface area contributed by atoms with E-state index >= 15 is 0 Å². The lowest BCUT2D eigenvalue weighted by molar-refractivity contribution is -0.142. The number of aryl methyl sites for hydroxylation is 1. The molecule has 2 amide bonds. The average Bonchev–Trinajstić information content (AvgIpc) is 3.25. The summed E-state index contributed by atoms with van der Waals surface area (Å²) in [6.45, 7) is 4.54. The van der Waals surface area contributed by atoms with Gasteiger partial charge in [0, 0.05) is 12.2 Å². The van der Waals surface area contributed by atoms with Crippen LogP contribution in [-0.4, -0.2) is 26.3 Å². The Labute approximate surface area is 199 Å². The first-order valence-corrected chi connectivity index (χ1v) is 11.8. The Bertz CT molecular complexity index is 1350. The van der Waals surface area contributed by atoms with Gasteiger partial charge in [0.05, 0.1) is 23.5 Å². The van der Waals surface area contributed by atoms with Gasteiger partial charge in [0.1, 0.15) is 11.9 Å². The maximum absolute atomic E-state index is 13.9. The normalized spacial score (nSPS) is 17.6. The van der Waals surface area contributed by atoms with E-state index < -0.39 is 6.04 Å². The van der Waals surface area contributed by atoms with E-state index in [-0.39, 0.29) is 24.3 Å². The molecule has 1 aliphatic heterocycles. The maximum Gasteiger partial charge on any atom is 0.247 e. The number of para-hydroxylation sites is 3. The number of aromatic nitrogens is 2. The molecule has 0 radical (unpaired) electrons. The van der Waals surface area contributed by atoms with Gasteiger partial charge in [-0.2, -0.15) is 0 Å². The van der Waals surface area contributed by atoms with Gasteiger partial charge in [-0.25, -0.2) is 4.98 Å². The minimum atomic E-state index is -0.656. The summed E-state index contributed by atoms with van der Waals surface area (Å²) >= 11 is 0. The Kier molecular flexibility index (Phi) is 5.88. The predicted molar refractivity (Wildman–Crippen MR) is 133 cm³/mol. The topological polar surface area (TPSA) is 67.2 Å². The number of imidazole rings is 1. The van der Waals surface area contributed by atoms with Crippen LogP contribution in [0.1, 0.15) is 49.3 Å². The zero-order chi connectivity index (χ0) is 23.7. The fourth-order valence-corrected chi connectivity index (χ4v) is 4.82. The molecule has 1 aliphatic rings. The molecule has 0 aliphatic carbocycles. The number of amides is 2. The molecular weight excluding hydrogens is 424 g/mol. The molecule has 3 aromatic carbocycles. The second-order valence-corrected chi connectivity index (χ2v) is 8.74. The summed E-state index contributed by atoms with van der Waals surface area (Å²) < 4.78 is 1.97. The van der Waals surface area contributed by atoms with E-state index in [1.807, 2.05) is 95.3 Å². The van der Waals surface area contributed by atoms with Crippen LogP contribution in [-0.2, 0) is 22.6 Å². The number of fused-ring (bicyclic) bond motifs is 3. The van der Waals surface area contributed by atoms with Crippen LogP contribution in [0.15, 0.2) is 78.9 Å². The number of carbonyl (C=O) groups is 2. The molecule has 1 N–H and O–H groups in total. The Morgan fingerprint density at radius 1 is 0.971 bits per heavy atom. The van der Waals surface area contributed by atoms with Crippen molar-refractivity contribution in [2.75, 3.05) is 5.32 Å². The lowest BCUT2D eigenvalue weighted by atomic mass is 10.0. The Hall–Kier alpha value is -3.93. The van der Waals surface area contributed by atoms with Gasteiger partial charge in [0.15, 0.2) is 0 Å². The zero-order valence-electron chi connectivity index (χ0n) is 19.4. The highest BCUT2D eigenvalue weighted by molar-refractivity contribution is 5.96. The van der Waals surface area contributed by atoms with E-state index in [1.165, 1.54) is 0 Å². The molecule has 2 heterocycles. The van der Waals surface area contributed by atoms with Crippen molar-refractivity contribution < 1.29 is 9.59 Å². The molecule has 1 aromatic heterocycles. The minimum absolute atomic E-state index is 0.0439. The SMILES string of the molecule is CCc1ccccc1NC(=O)C[C@H]1C(=O)N(Cc2ccccc2)[C@H](C)c2nc3ccccc3n21. The Balaban J connectivity index is 1.51. The van der Waals surface area contributed by atoms with E-state index in [0.29, 0.717) is 6.54 Å². The van der Waals surface area contributed by atoms with Crippen LogP contribution < -0.4 is 5.32 Å². The van der Waals surface area contributed by atoms with Crippen molar-refractivity contribution in [1.29, 1.82) is 0 Å². The summed E-state index contributed by atoms with van der Waals surface area (Å²) in [7, 11) is 0. The van der Waals surface area contributed by atoms with Gasteiger partial charge in [-0.05, 0) is 42.7 Å². The predicted octanol–water partition coefficient (Wildman–Crippen LogP) is 5.27. The standard InChI is InChI=1S/C28H28N4O2/c1-3-21-13-7-8-14-22(21)29-26(33)17-25-28(34)31(18-20-11-5-4-6-12-20)19(2)27-30-23-15-9-10-16-24(23)32(25)27/h4-16,19,25H,3,17-18H2,1-2H3,(H,29,33)/t19-,25+/m1/s1.